The fraction of sp³-hybridized carbons (Fsp3) is 0.333. The van der Waals surface area contributed by atoms with Crippen molar-refractivity contribution in [2.24, 2.45) is 0 Å². The van der Waals surface area contributed by atoms with Crippen LogP contribution in [0.1, 0.15) is 0 Å². The van der Waals surface area contributed by atoms with Crippen molar-refractivity contribution in [3.63, 3.8) is 0 Å². The fourth-order valence-corrected chi connectivity index (χ4v) is 1.89. The number of methoxy groups -OCH3 is 1. The predicted molar refractivity (Wildman–Crippen MR) is 52.3 cm³/mol. The molecule has 0 N–H and O–H groups in total. The Morgan fingerprint density at radius 2 is 2.00 bits per heavy atom. The Morgan fingerprint density at radius 3 is 2.62 bits per heavy atom. The lowest BCUT2D eigenvalue weighted by Gasteiger charge is -2.20. The Labute approximate surface area is 91.9 Å². The second kappa shape index (κ2) is 3.82. The standard InChI is InChI=1S/C9H9FO5S/c1-13-7-4-6(16(10,11)12)5-8-9(7)15-3-2-14-8/h4-5H,2-3H2,1H3. The molecule has 0 spiro atoms. The van der Waals surface area contributed by atoms with E-state index in [0.29, 0.717) is 12.4 Å². The number of fused-ring (bicyclic) bond motifs is 1. The summed E-state index contributed by atoms with van der Waals surface area (Å²) in [5, 5.41) is 0. The maximum atomic E-state index is 12.8. The third-order valence-corrected chi connectivity index (χ3v) is 2.88. The normalized spacial score (nSPS) is 14.6. The first-order chi connectivity index (χ1) is 7.52. The van der Waals surface area contributed by atoms with Crippen LogP contribution in [0.4, 0.5) is 3.89 Å². The number of ether oxygens (including phenoxy) is 3. The summed E-state index contributed by atoms with van der Waals surface area (Å²) in [6, 6.07) is 2.13. The molecule has 5 nitrogen and oxygen atoms in total. The first-order valence-corrected chi connectivity index (χ1v) is 5.83. The molecule has 1 aliphatic heterocycles. The van der Waals surface area contributed by atoms with E-state index in [1.54, 1.807) is 0 Å². The summed E-state index contributed by atoms with van der Waals surface area (Å²) < 4.78 is 49.7. The van der Waals surface area contributed by atoms with Gasteiger partial charge in [-0.3, -0.25) is 0 Å². The van der Waals surface area contributed by atoms with Gasteiger partial charge in [-0.1, -0.05) is 0 Å². The molecule has 0 atom stereocenters. The van der Waals surface area contributed by atoms with Crippen molar-refractivity contribution < 1.29 is 26.5 Å². The summed E-state index contributed by atoms with van der Waals surface area (Å²) in [6.45, 7) is 0.622. The molecule has 0 bridgehead atoms. The summed E-state index contributed by atoms with van der Waals surface area (Å²) in [5.74, 6) is 0.594. The minimum atomic E-state index is -4.78. The smallest absolute Gasteiger partial charge is 0.332 e. The van der Waals surface area contributed by atoms with Gasteiger partial charge in [0.05, 0.1) is 7.11 Å². The minimum Gasteiger partial charge on any atom is -0.493 e. The molecule has 88 valence electrons. The van der Waals surface area contributed by atoms with Crippen molar-refractivity contribution >= 4 is 10.2 Å². The molecule has 1 aliphatic rings. The van der Waals surface area contributed by atoms with Crippen LogP contribution in [0.3, 0.4) is 0 Å². The molecule has 0 fully saturated rings. The molecule has 1 aromatic rings. The number of rotatable bonds is 2. The predicted octanol–water partition coefficient (Wildman–Crippen LogP) is 1.12. The van der Waals surface area contributed by atoms with Gasteiger partial charge >= 0.3 is 10.2 Å². The van der Waals surface area contributed by atoms with Crippen LogP contribution < -0.4 is 14.2 Å². The van der Waals surface area contributed by atoms with Crippen LogP contribution in [-0.2, 0) is 10.2 Å². The first kappa shape index (κ1) is 11.0. The van der Waals surface area contributed by atoms with Gasteiger partial charge in [0.25, 0.3) is 0 Å². The molecular formula is C9H9FO5S. The SMILES string of the molecule is COc1cc(S(=O)(=O)F)cc2c1OCCO2. The van der Waals surface area contributed by atoms with Crippen LogP contribution in [-0.4, -0.2) is 28.7 Å². The van der Waals surface area contributed by atoms with E-state index >= 15 is 0 Å². The quantitative estimate of drug-likeness (QED) is 0.734. The minimum absolute atomic E-state index is 0.133. The van der Waals surface area contributed by atoms with Crippen molar-refractivity contribution in [3.05, 3.63) is 12.1 Å². The highest BCUT2D eigenvalue weighted by Crippen LogP contribution is 2.41. The van der Waals surface area contributed by atoms with Gasteiger partial charge in [-0.05, 0) is 0 Å². The Bertz CT molecular complexity index is 494. The van der Waals surface area contributed by atoms with Crippen molar-refractivity contribution in [3.8, 4) is 17.2 Å². The highest BCUT2D eigenvalue weighted by molar-refractivity contribution is 7.86. The molecule has 1 aromatic carbocycles. The van der Waals surface area contributed by atoms with Crippen LogP contribution >= 0.6 is 0 Å². The number of hydrogen-bond donors (Lipinski definition) is 0. The first-order valence-electron chi connectivity index (χ1n) is 4.44. The van der Waals surface area contributed by atoms with E-state index in [1.807, 2.05) is 0 Å². The molecule has 1 heterocycles. The third-order valence-electron chi connectivity index (χ3n) is 2.08. The van der Waals surface area contributed by atoms with Crippen molar-refractivity contribution in [1.82, 2.24) is 0 Å². The topological polar surface area (TPSA) is 61.8 Å². The summed E-state index contributed by atoms with van der Waals surface area (Å²) in [6.07, 6.45) is 0. The zero-order valence-electron chi connectivity index (χ0n) is 8.40. The molecule has 0 aliphatic carbocycles. The van der Waals surface area contributed by atoms with Crippen LogP contribution in [0, 0.1) is 0 Å². The van der Waals surface area contributed by atoms with Gasteiger partial charge in [-0.15, -0.1) is 3.89 Å². The molecule has 0 unspecified atom stereocenters. The zero-order valence-corrected chi connectivity index (χ0v) is 9.21. The number of hydrogen-bond acceptors (Lipinski definition) is 5. The molecule has 2 rings (SSSR count). The van der Waals surface area contributed by atoms with Gasteiger partial charge < -0.3 is 14.2 Å². The van der Waals surface area contributed by atoms with Gasteiger partial charge in [0.15, 0.2) is 11.5 Å². The highest BCUT2D eigenvalue weighted by atomic mass is 32.3. The van der Waals surface area contributed by atoms with Gasteiger partial charge in [0.1, 0.15) is 18.1 Å². The summed E-state index contributed by atoms with van der Waals surface area (Å²) in [7, 11) is -3.45. The van der Waals surface area contributed by atoms with Gasteiger partial charge in [-0.25, -0.2) is 0 Å². The molecule has 0 saturated heterocycles. The van der Waals surface area contributed by atoms with Crippen LogP contribution in [0.5, 0.6) is 17.2 Å². The van der Waals surface area contributed by atoms with E-state index in [2.05, 4.69) is 0 Å². The van der Waals surface area contributed by atoms with Crippen LogP contribution in [0.25, 0.3) is 0 Å². The van der Waals surface area contributed by atoms with E-state index < -0.39 is 15.1 Å². The average Bonchev–Trinajstić information content (AvgIpc) is 2.26. The second-order valence-electron chi connectivity index (χ2n) is 3.09. The molecular weight excluding hydrogens is 239 g/mol. The molecule has 0 amide bonds. The average molecular weight is 248 g/mol. The summed E-state index contributed by atoms with van der Waals surface area (Å²) in [5.41, 5.74) is 0. The zero-order chi connectivity index (χ0) is 11.8. The molecule has 0 radical (unpaired) electrons. The lowest BCUT2D eigenvalue weighted by Crippen LogP contribution is -2.16. The maximum Gasteiger partial charge on any atom is 0.332 e. The van der Waals surface area contributed by atoms with Crippen molar-refractivity contribution in [2.45, 2.75) is 4.90 Å². The second-order valence-corrected chi connectivity index (χ2v) is 4.43. The fourth-order valence-electron chi connectivity index (χ4n) is 1.39. The van der Waals surface area contributed by atoms with E-state index in [-0.39, 0.29) is 18.1 Å². The van der Waals surface area contributed by atoms with Gasteiger partial charge in [0.2, 0.25) is 5.75 Å². The van der Waals surface area contributed by atoms with E-state index in [9.17, 15) is 12.3 Å². The Balaban J connectivity index is 2.61. The number of halogens is 1. The Hall–Kier alpha value is -1.50. The molecule has 7 heteroatoms. The number of benzene rings is 1. The molecule has 0 aromatic heterocycles. The Kier molecular flexibility index (Phi) is 2.63. The maximum absolute atomic E-state index is 12.8. The van der Waals surface area contributed by atoms with E-state index in [0.717, 1.165) is 12.1 Å². The third kappa shape index (κ3) is 1.90. The van der Waals surface area contributed by atoms with Crippen LogP contribution in [0.2, 0.25) is 0 Å². The van der Waals surface area contributed by atoms with Crippen molar-refractivity contribution in [1.29, 1.82) is 0 Å². The molecule has 16 heavy (non-hydrogen) atoms. The highest BCUT2D eigenvalue weighted by Gasteiger charge is 2.23. The lowest BCUT2D eigenvalue weighted by molar-refractivity contribution is 0.164. The largest absolute Gasteiger partial charge is 0.493 e. The van der Waals surface area contributed by atoms with Gasteiger partial charge in [-0.2, -0.15) is 8.42 Å². The summed E-state index contributed by atoms with van der Waals surface area (Å²) >= 11 is 0. The van der Waals surface area contributed by atoms with E-state index in [1.165, 1.54) is 7.11 Å². The van der Waals surface area contributed by atoms with Gasteiger partial charge in [0, 0.05) is 12.1 Å². The monoisotopic (exact) mass is 248 g/mol. The molecule has 0 saturated carbocycles. The van der Waals surface area contributed by atoms with Crippen LogP contribution in [0.15, 0.2) is 17.0 Å². The Morgan fingerprint density at radius 1 is 1.31 bits per heavy atom. The summed E-state index contributed by atoms with van der Waals surface area (Å²) in [4.78, 5) is -0.506. The van der Waals surface area contributed by atoms with Crippen molar-refractivity contribution in [2.75, 3.05) is 20.3 Å². The lowest BCUT2D eigenvalue weighted by atomic mass is 10.3. The van der Waals surface area contributed by atoms with E-state index in [4.69, 9.17) is 14.2 Å².